The van der Waals surface area contributed by atoms with Gasteiger partial charge in [-0.3, -0.25) is 0 Å². The van der Waals surface area contributed by atoms with Crippen LogP contribution in [0.25, 0.3) is 0 Å². The molecule has 1 aromatic heterocycles. The molecule has 0 spiro atoms. The lowest BCUT2D eigenvalue weighted by Gasteiger charge is -2.13. The highest BCUT2D eigenvalue weighted by atomic mass is 127. The fourth-order valence-corrected chi connectivity index (χ4v) is 2.73. The second-order valence-electron chi connectivity index (χ2n) is 6.19. The van der Waals surface area contributed by atoms with E-state index in [0.717, 1.165) is 36.8 Å². The number of nitrogens with one attached hydrogen (secondary N) is 2. The average molecular weight is 537 g/mol. The van der Waals surface area contributed by atoms with Gasteiger partial charge in [-0.15, -0.1) is 34.2 Å². The van der Waals surface area contributed by atoms with Crippen LogP contribution in [0.2, 0.25) is 5.02 Å². The molecule has 2 N–H and O–H groups in total. The number of aryl methyl sites for hydroxylation is 1. The van der Waals surface area contributed by atoms with Crippen LogP contribution in [0.3, 0.4) is 0 Å². The lowest BCUT2D eigenvalue weighted by Crippen LogP contribution is -2.38. The van der Waals surface area contributed by atoms with Crippen molar-refractivity contribution in [3.63, 3.8) is 0 Å². The van der Waals surface area contributed by atoms with Crippen molar-refractivity contribution in [2.75, 3.05) is 26.9 Å². The van der Waals surface area contributed by atoms with E-state index in [1.165, 1.54) is 0 Å². The summed E-state index contributed by atoms with van der Waals surface area (Å²) in [7, 11) is 3.54. The average Bonchev–Trinajstić information content (AvgIpc) is 3.01. The van der Waals surface area contributed by atoms with Crippen LogP contribution in [0.15, 0.2) is 23.2 Å². The molecule has 29 heavy (non-hydrogen) atoms. The summed E-state index contributed by atoms with van der Waals surface area (Å²) in [5.41, 5.74) is 0.996. The van der Waals surface area contributed by atoms with Crippen molar-refractivity contribution < 1.29 is 9.47 Å². The van der Waals surface area contributed by atoms with Gasteiger partial charge in [0.25, 0.3) is 0 Å². The first-order chi connectivity index (χ1) is 13.5. The lowest BCUT2D eigenvalue weighted by atomic mass is 10.2. The molecule has 0 bridgehead atoms. The summed E-state index contributed by atoms with van der Waals surface area (Å²) in [4.78, 5) is 4.66. The Balaban J connectivity index is 0.00000420. The van der Waals surface area contributed by atoms with Gasteiger partial charge in [-0.05, 0) is 38.0 Å². The van der Waals surface area contributed by atoms with Crippen molar-refractivity contribution in [1.82, 2.24) is 25.4 Å². The SMILES string of the molecule is CCOCCCNC(=NCc1ccc(OC)c(Cl)c1)NCc1nnc(C)n1C.I. The summed E-state index contributed by atoms with van der Waals surface area (Å²) >= 11 is 6.20. The van der Waals surface area contributed by atoms with E-state index in [0.29, 0.717) is 36.4 Å². The van der Waals surface area contributed by atoms with Crippen LogP contribution in [0.4, 0.5) is 0 Å². The summed E-state index contributed by atoms with van der Waals surface area (Å²) in [6.45, 7) is 7.12. The molecule has 0 fully saturated rings. The van der Waals surface area contributed by atoms with Gasteiger partial charge >= 0.3 is 0 Å². The Labute approximate surface area is 194 Å². The number of rotatable bonds is 10. The number of aromatic nitrogens is 3. The molecule has 0 amide bonds. The Bertz CT molecular complexity index is 784. The third-order valence-electron chi connectivity index (χ3n) is 4.19. The van der Waals surface area contributed by atoms with Gasteiger partial charge in [0.1, 0.15) is 11.6 Å². The number of ether oxygens (including phenoxy) is 2. The van der Waals surface area contributed by atoms with Gasteiger partial charge in [0.05, 0.1) is 25.2 Å². The maximum absolute atomic E-state index is 6.20. The predicted molar refractivity (Wildman–Crippen MR) is 126 cm³/mol. The quantitative estimate of drug-likeness (QED) is 0.210. The molecule has 0 saturated heterocycles. The maximum atomic E-state index is 6.20. The number of methoxy groups -OCH3 is 1. The normalized spacial score (nSPS) is 11.1. The number of hydrogen-bond acceptors (Lipinski definition) is 5. The molecule has 0 aliphatic carbocycles. The molecule has 0 aliphatic heterocycles. The summed E-state index contributed by atoms with van der Waals surface area (Å²) in [5, 5.41) is 15.5. The van der Waals surface area contributed by atoms with Crippen LogP contribution in [-0.2, 0) is 24.9 Å². The molecule has 0 saturated carbocycles. The smallest absolute Gasteiger partial charge is 0.191 e. The standard InChI is InChI=1S/C19H29ClN6O2.HI/c1-5-28-10-6-9-21-19(23-13-18-25-24-14(2)26(18)3)22-12-15-7-8-17(27-4)16(20)11-15;/h7-8,11H,5-6,9-10,12-13H2,1-4H3,(H2,21,22,23);1H. The van der Waals surface area contributed by atoms with E-state index in [4.69, 9.17) is 21.1 Å². The molecule has 1 aromatic carbocycles. The first-order valence-corrected chi connectivity index (χ1v) is 9.70. The number of aliphatic imine (C=N–C) groups is 1. The van der Waals surface area contributed by atoms with Crippen LogP contribution >= 0.6 is 35.6 Å². The molecule has 2 aromatic rings. The molecular weight excluding hydrogens is 507 g/mol. The van der Waals surface area contributed by atoms with E-state index < -0.39 is 0 Å². The molecule has 10 heteroatoms. The van der Waals surface area contributed by atoms with Crippen LogP contribution in [-0.4, -0.2) is 47.6 Å². The largest absolute Gasteiger partial charge is 0.495 e. The minimum atomic E-state index is 0. The number of guanidine groups is 1. The van der Waals surface area contributed by atoms with Gasteiger partial charge in [-0.2, -0.15) is 0 Å². The molecule has 0 radical (unpaired) electrons. The first-order valence-electron chi connectivity index (χ1n) is 9.32. The molecule has 2 rings (SSSR count). The lowest BCUT2D eigenvalue weighted by molar-refractivity contribution is 0.145. The fourth-order valence-electron chi connectivity index (χ4n) is 2.45. The van der Waals surface area contributed by atoms with E-state index in [1.54, 1.807) is 7.11 Å². The van der Waals surface area contributed by atoms with Crippen molar-refractivity contribution in [1.29, 1.82) is 0 Å². The molecule has 0 atom stereocenters. The molecule has 8 nitrogen and oxygen atoms in total. The third-order valence-corrected chi connectivity index (χ3v) is 4.49. The number of nitrogens with zero attached hydrogens (tertiary/aromatic N) is 4. The van der Waals surface area contributed by atoms with E-state index in [1.807, 2.05) is 43.7 Å². The monoisotopic (exact) mass is 536 g/mol. The molecule has 1 heterocycles. The molecule has 0 aliphatic rings. The summed E-state index contributed by atoms with van der Waals surface area (Å²) in [6.07, 6.45) is 0.895. The van der Waals surface area contributed by atoms with Crippen LogP contribution in [0, 0.1) is 6.92 Å². The zero-order valence-electron chi connectivity index (χ0n) is 17.4. The second-order valence-corrected chi connectivity index (χ2v) is 6.59. The van der Waals surface area contributed by atoms with E-state index in [2.05, 4.69) is 25.8 Å². The summed E-state index contributed by atoms with van der Waals surface area (Å²) in [6, 6.07) is 5.66. The molecule has 162 valence electrons. The zero-order chi connectivity index (χ0) is 20.4. The van der Waals surface area contributed by atoms with Gasteiger partial charge in [0, 0.05) is 26.8 Å². The molecule has 0 unspecified atom stereocenters. The van der Waals surface area contributed by atoms with E-state index >= 15 is 0 Å². The number of hydrogen-bond donors (Lipinski definition) is 2. The Hall–Kier alpha value is -1.59. The Morgan fingerprint density at radius 3 is 2.69 bits per heavy atom. The highest BCUT2D eigenvalue weighted by molar-refractivity contribution is 14.0. The van der Waals surface area contributed by atoms with Gasteiger partial charge in [0.2, 0.25) is 0 Å². The molecular formula is C19H30ClIN6O2. The fraction of sp³-hybridized carbons (Fsp3) is 0.526. The van der Waals surface area contributed by atoms with Gasteiger partial charge < -0.3 is 24.7 Å². The van der Waals surface area contributed by atoms with E-state index in [-0.39, 0.29) is 24.0 Å². The van der Waals surface area contributed by atoms with E-state index in [9.17, 15) is 0 Å². The summed E-state index contributed by atoms with van der Waals surface area (Å²) < 4.78 is 12.5. The Morgan fingerprint density at radius 1 is 1.28 bits per heavy atom. The highest BCUT2D eigenvalue weighted by Crippen LogP contribution is 2.25. The van der Waals surface area contributed by atoms with Crippen molar-refractivity contribution >= 4 is 41.5 Å². The topological polar surface area (TPSA) is 85.6 Å². The zero-order valence-corrected chi connectivity index (χ0v) is 20.5. The van der Waals surface area contributed by atoms with Crippen molar-refractivity contribution in [2.45, 2.75) is 33.4 Å². The van der Waals surface area contributed by atoms with Crippen LogP contribution in [0.5, 0.6) is 5.75 Å². The predicted octanol–water partition coefficient (Wildman–Crippen LogP) is 3.07. The van der Waals surface area contributed by atoms with Crippen LogP contribution in [0.1, 0.15) is 30.6 Å². The van der Waals surface area contributed by atoms with Gasteiger partial charge in [-0.25, -0.2) is 4.99 Å². The third kappa shape index (κ3) is 8.35. The Morgan fingerprint density at radius 2 is 2.07 bits per heavy atom. The first kappa shape index (κ1) is 25.4. The number of benzene rings is 1. The number of halogens is 2. The minimum Gasteiger partial charge on any atom is -0.495 e. The van der Waals surface area contributed by atoms with Gasteiger partial charge in [-0.1, -0.05) is 17.7 Å². The van der Waals surface area contributed by atoms with Crippen LogP contribution < -0.4 is 15.4 Å². The summed E-state index contributed by atoms with van der Waals surface area (Å²) in [5.74, 6) is 3.06. The maximum Gasteiger partial charge on any atom is 0.191 e. The van der Waals surface area contributed by atoms with Gasteiger partial charge in [0.15, 0.2) is 11.8 Å². The highest BCUT2D eigenvalue weighted by Gasteiger charge is 2.07. The Kier molecular flexibility index (Phi) is 11.9. The van der Waals surface area contributed by atoms with Crippen molar-refractivity contribution in [2.24, 2.45) is 12.0 Å². The van der Waals surface area contributed by atoms with Crippen molar-refractivity contribution in [3.8, 4) is 5.75 Å². The minimum absolute atomic E-state index is 0. The second kappa shape index (κ2) is 13.6. The van der Waals surface area contributed by atoms with Crippen molar-refractivity contribution in [3.05, 3.63) is 40.4 Å².